The number of fused-ring (bicyclic) bond motifs is 1. The van der Waals surface area contributed by atoms with Crippen molar-refractivity contribution in [1.29, 1.82) is 0 Å². The first-order chi connectivity index (χ1) is 13.1. The molecule has 0 saturated carbocycles. The van der Waals surface area contributed by atoms with Crippen LogP contribution in [0.25, 0.3) is 10.9 Å². The van der Waals surface area contributed by atoms with Crippen molar-refractivity contribution in [1.82, 2.24) is 9.47 Å². The van der Waals surface area contributed by atoms with Crippen molar-refractivity contribution in [2.45, 2.75) is 19.3 Å². The van der Waals surface area contributed by atoms with E-state index >= 15 is 0 Å². The lowest BCUT2D eigenvalue weighted by atomic mass is 9.90. The number of benzene rings is 2. The average Bonchev–Trinajstić information content (AvgIpc) is 3.05. The quantitative estimate of drug-likeness (QED) is 0.524. The Hall–Kier alpha value is -2.88. The van der Waals surface area contributed by atoms with Crippen molar-refractivity contribution >= 4 is 22.6 Å². The molecule has 0 N–H and O–H groups in total. The van der Waals surface area contributed by atoms with Gasteiger partial charge in [0.2, 0.25) is 0 Å². The Morgan fingerprint density at radius 3 is 2.37 bits per heavy atom. The fourth-order valence-electron chi connectivity index (χ4n) is 4.07. The van der Waals surface area contributed by atoms with E-state index in [4.69, 9.17) is 0 Å². The lowest BCUT2D eigenvalue weighted by molar-refractivity contribution is -0.127. The summed E-state index contributed by atoms with van der Waals surface area (Å²) in [4.78, 5) is 27.4. The molecule has 2 heterocycles. The summed E-state index contributed by atoms with van der Waals surface area (Å²) in [7, 11) is 1.90. The van der Waals surface area contributed by atoms with Gasteiger partial charge in [-0.1, -0.05) is 48.5 Å². The van der Waals surface area contributed by atoms with E-state index in [0.717, 1.165) is 30.2 Å². The first kappa shape index (κ1) is 17.5. The molecular formula is C23H24N2O2. The smallest absolute Gasteiger partial charge is 0.295 e. The van der Waals surface area contributed by atoms with Gasteiger partial charge >= 0.3 is 0 Å². The predicted molar refractivity (Wildman–Crippen MR) is 107 cm³/mol. The highest BCUT2D eigenvalue weighted by Gasteiger charge is 2.29. The van der Waals surface area contributed by atoms with Crippen molar-refractivity contribution < 1.29 is 9.59 Å². The number of hydrogen-bond acceptors (Lipinski definition) is 2. The summed E-state index contributed by atoms with van der Waals surface area (Å²) in [5, 5.41) is 0.845. The van der Waals surface area contributed by atoms with Crippen molar-refractivity contribution in [3.05, 3.63) is 71.9 Å². The van der Waals surface area contributed by atoms with Crippen LogP contribution in [0.15, 0.2) is 60.8 Å². The maximum absolute atomic E-state index is 12.8. The molecule has 1 aliphatic heterocycles. The van der Waals surface area contributed by atoms with Crippen LogP contribution >= 0.6 is 0 Å². The van der Waals surface area contributed by atoms with Gasteiger partial charge in [-0.3, -0.25) is 9.59 Å². The van der Waals surface area contributed by atoms with Gasteiger partial charge in [0.1, 0.15) is 0 Å². The molecule has 138 valence electrons. The van der Waals surface area contributed by atoms with Crippen LogP contribution in [-0.4, -0.2) is 34.2 Å². The molecular weight excluding hydrogens is 336 g/mol. The monoisotopic (exact) mass is 360 g/mol. The van der Waals surface area contributed by atoms with Crippen LogP contribution in [0, 0.1) is 5.92 Å². The van der Waals surface area contributed by atoms with Gasteiger partial charge in [-0.15, -0.1) is 0 Å². The van der Waals surface area contributed by atoms with Gasteiger partial charge in [-0.25, -0.2) is 0 Å². The third-order valence-corrected chi connectivity index (χ3v) is 5.60. The molecule has 0 bridgehead atoms. The number of ketones is 1. The number of aromatic nitrogens is 1. The molecule has 0 radical (unpaired) electrons. The fraction of sp³-hybridized carbons (Fsp3) is 0.304. The second-order valence-corrected chi connectivity index (χ2v) is 7.43. The summed E-state index contributed by atoms with van der Waals surface area (Å²) in [5.41, 5.74) is 2.81. The lowest BCUT2D eigenvalue weighted by Gasteiger charge is -2.31. The van der Waals surface area contributed by atoms with E-state index in [1.165, 1.54) is 5.56 Å². The number of aryl methyl sites for hydroxylation is 1. The minimum Gasteiger partial charge on any atom is -0.350 e. The highest BCUT2D eigenvalue weighted by Crippen LogP contribution is 2.24. The molecule has 2 aromatic carbocycles. The molecule has 4 heteroatoms. The van der Waals surface area contributed by atoms with Gasteiger partial charge in [0.15, 0.2) is 0 Å². The topological polar surface area (TPSA) is 42.3 Å². The highest BCUT2D eigenvalue weighted by atomic mass is 16.2. The Bertz CT molecular complexity index is 966. The van der Waals surface area contributed by atoms with Crippen molar-refractivity contribution in [3.8, 4) is 0 Å². The first-order valence-electron chi connectivity index (χ1n) is 9.55. The molecule has 3 aromatic rings. The van der Waals surface area contributed by atoms with Gasteiger partial charge in [0, 0.05) is 37.2 Å². The minimum atomic E-state index is -0.395. The zero-order valence-corrected chi connectivity index (χ0v) is 15.6. The maximum Gasteiger partial charge on any atom is 0.295 e. The Balaban J connectivity index is 1.42. The lowest BCUT2D eigenvalue weighted by Crippen LogP contribution is -2.42. The number of amides is 1. The normalized spacial score (nSPS) is 15.2. The van der Waals surface area contributed by atoms with Crippen LogP contribution in [-0.2, 0) is 18.3 Å². The number of likely N-dealkylation sites (tertiary alicyclic amines) is 1. The second-order valence-electron chi connectivity index (χ2n) is 7.43. The molecule has 0 atom stereocenters. The number of carbonyl (C=O) groups excluding carboxylic acids is 2. The molecule has 27 heavy (non-hydrogen) atoms. The number of carbonyl (C=O) groups is 2. The maximum atomic E-state index is 12.8. The molecule has 1 amide bonds. The first-order valence-corrected chi connectivity index (χ1v) is 9.55. The Kier molecular flexibility index (Phi) is 4.80. The molecule has 1 saturated heterocycles. The fourth-order valence-corrected chi connectivity index (χ4v) is 4.07. The van der Waals surface area contributed by atoms with Gasteiger partial charge in [0.05, 0.1) is 5.56 Å². The standard InChI is InChI=1S/C23H24N2O2/c1-24-16-20(19-9-5-6-10-21(19)24)22(26)23(27)25-13-11-18(12-14-25)15-17-7-3-2-4-8-17/h2-10,16,18H,11-15H2,1H3. The van der Waals surface area contributed by atoms with Crippen LogP contribution in [0.5, 0.6) is 0 Å². The summed E-state index contributed by atoms with van der Waals surface area (Å²) in [6, 6.07) is 18.2. The van der Waals surface area contributed by atoms with Crippen molar-refractivity contribution in [2.75, 3.05) is 13.1 Å². The Morgan fingerprint density at radius 2 is 1.63 bits per heavy atom. The number of para-hydroxylation sites is 1. The molecule has 4 rings (SSSR count). The predicted octanol–water partition coefficient (Wildman–Crippen LogP) is 3.84. The van der Waals surface area contributed by atoms with Crippen LogP contribution in [0.2, 0.25) is 0 Å². The van der Waals surface area contributed by atoms with E-state index in [-0.39, 0.29) is 5.91 Å². The molecule has 1 aliphatic rings. The third-order valence-electron chi connectivity index (χ3n) is 5.60. The summed E-state index contributed by atoms with van der Waals surface area (Å²) >= 11 is 0. The van der Waals surface area contributed by atoms with Crippen molar-refractivity contribution in [3.63, 3.8) is 0 Å². The minimum absolute atomic E-state index is 0.371. The number of rotatable bonds is 4. The van der Waals surface area contributed by atoms with E-state index in [9.17, 15) is 9.59 Å². The van der Waals surface area contributed by atoms with Crippen molar-refractivity contribution in [2.24, 2.45) is 13.0 Å². The van der Waals surface area contributed by atoms with Crippen LogP contribution in [0.1, 0.15) is 28.8 Å². The van der Waals surface area contributed by atoms with Gasteiger partial charge < -0.3 is 9.47 Å². The number of Topliss-reactive ketones (excluding diaryl/α,β-unsaturated/α-hetero) is 1. The largest absolute Gasteiger partial charge is 0.350 e. The molecule has 0 aliphatic carbocycles. The van der Waals surface area contributed by atoms with Gasteiger partial charge in [0.25, 0.3) is 11.7 Å². The molecule has 1 aromatic heterocycles. The zero-order valence-electron chi connectivity index (χ0n) is 15.6. The second kappa shape index (κ2) is 7.39. The highest BCUT2D eigenvalue weighted by molar-refractivity contribution is 6.44. The third kappa shape index (κ3) is 3.52. The van der Waals surface area contributed by atoms with Gasteiger partial charge in [-0.05, 0) is 36.8 Å². The molecule has 4 nitrogen and oxygen atoms in total. The van der Waals surface area contributed by atoms with E-state index < -0.39 is 5.78 Å². The van der Waals surface area contributed by atoms with E-state index in [2.05, 4.69) is 24.3 Å². The molecule has 0 spiro atoms. The summed E-state index contributed by atoms with van der Waals surface area (Å²) in [5.74, 6) is -0.193. The van der Waals surface area contributed by atoms with E-state index in [1.54, 1.807) is 11.1 Å². The molecule has 0 unspecified atom stereocenters. The number of nitrogens with zero attached hydrogens (tertiary/aromatic N) is 2. The Labute approximate surface area is 159 Å². The summed E-state index contributed by atoms with van der Waals surface area (Å²) in [6.45, 7) is 1.32. The molecule has 1 fully saturated rings. The van der Waals surface area contributed by atoms with Crippen LogP contribution in [0.4, 0.5) is 0 Å². The summed E-state index contributed by atoms with van der Waals surface area (Å²) < 4.78 is 1.90. The average molecular weight is 360 g/mol. The van der Waals surface area contributed by atoms with E-state index in [0.29, 0.717) is 24.6 Å². The Morgan fingerprint density at radius 1 is 0.963 bits per heavy atom. The summed E-state index contributed by atoms with van der Waals surface area (Å²) in [6.07, 6.45) is 4.71. The van der Waals surface area contributed by atoms with Gasteiger partial charge in [-0.2, -0.15) is 0 Å². The number of hydrogen-bond donors (Lipinski definition) is 0. The van der Waals surface area contributed by atoms with Crippen LogP contribution in [0.3, 0.4) is 0 Å². The van der Waals surface area contributed by atoms with Crippen LogP contribution < -0.4 is 0 Å². The zero-order chi connectivity index (χ0) is 18.8. The SMILES string of the molecule is Cn1cc(C(=O)C(=O)N2CCC(Cc3ccccc3)CC2)c2ccccc21. The van der Waals surface area contributed by atoms with E-state index in [1.807, 2.05) is 41.9 Å². The number of piperidine rings is 1.